The Hall–Kier alpha value is -1.14. The van der Waals surface area contributed by atoms with E-state index in [0.717, 1.165) is 12.8 Å². The smallest absolute Gasteiger partial charge is 0.322 e. The van der Waals surface area contributed by atoms with E-state index in [4.69, 9.17) is 21.4 Å². The van der Waals surface area contributed by atoms with Crippen LogP contribution < -0.4 is 10.1 Å². The molecule has 0 spiro atoms. The maximum absolute atomic E-state index is 9.10. The van der Waals surface area contributed by atoms with Crippen molar-refractivity contribution in [3.63, 3.8) is 0 Å². The number of rotatable bonds is 7. The number of aromatic nitrogens is 3. The lowest BCUT2D eigenvalue weighted by molar-refractivity contribution is 0.183. The summed E-state index contributed by atoms with van der Waals surface area (Å²) in [6.45, 7) is 4.74. The highest BCUT2D eigenvalue weighted by Gasteiger charge is 2.05. The summed E-state index contributed by atoms with van der Waals surface area (Å²) in [6, 6.07) is 0.213. The van der Waals surface area contributed by atoms with Crippen LogP contribution in [0, 0.1) is 0 Å². The molecule has 7 heteroatoms. The summed E-state index contributed by atoms with van der Waals surface area (Å²) in [5, 5.41) is 12.2. The van der Waals surface area contributed by atoms with E-state index in [9.17, 15) is 0 Å². The normalized spacial score (nSPS) is 12.2. The third-order valence-electron chi connectivity index (χ3n) is 1.94. The van der Waals surface area contributed by atoms with Gasteiger partial charge in [-0.05, 0) is 38.3 Å². The van der Waals surface area contributed by atoms with E-state index in [1.807, 2.05) is 6.92 Å². The molecule has 0 aromatic carbocycles. The van der Waals surface area contributed by atoms with Crippen LogP contribution in [0.25, 0.3) is 0 Å². The molecule has 0 amide bonds. The van der Waals surface area contributed by atoms with Crippen LogP contribution in [-0.2, 0) is 0 Å². The first-order chi connectivity index (χ1) is 8.11. The fourth-order valence-corrected chi connectivity index (χ4v) is 1.35. The Morgan fingerprint density at radius 1 is 1.41 bits per heavy atom. The van der Waals surface area contributed by atoms with Gasteiger partial charge in [0.25, 0.3) is 0 Å². The monoisotopic (exact) mass is 260 g/mol. The average molecular weight is 261 g/mol. The molecule has 0 fully saturated rings. The Morgan fingerprint density at radius 3 is 2.82 bits per heavy atom. The first-order valence-corrected chi connectivity index (χ1v) is 5.96. The fraction of sp³-hybridized carbons (Fsp3) is 0.700. The van der Waals surface area contributed by atoms with Crippen LogP contribution in [0.1, 0.15) is 26.7 Å². The summed E-state index contributed by atoms with van der Waals surface area (Å²) in [5.41, 5.74) is 0. The molecule has 1 aromatic heterocycles. The zero-order chi connectivity index (χ0) is 12.7. The Kier molecular flexibility index (Phi) is 5.93. The van der Waals surface area contributed by atoms with Gasteiger partial charge in [-0.2, -0.15) is 15.0 Å². The number of hydrogen-bond donors (Lipinski definition) is 2. The molecule has 0 saturated carbocycles. The van der Waals surface area contributed by atoms with E-state index in [0.29, 0.717) is 19.1 Å². The first-order valence-electron chi connectivity index (χ1n) is 5.58. The van der Waals surface area contributed by atoms with Crippen molar-refractivity contribution in [2.24, 2.45) is 0 Å². The second-order valence-electron chi connectivity index (χ2n) is 3.56. The lowest BCUT2D eigenvalue weighted by atomic mass is 10.2. The van der Waals surface area contributed by atoms with Crippen molar-refractivity contribution >= 4 is 17.5 Å². The Morgan fingerprint density at radius 2 is 2.18 bits per heavy atom. The Labute approximate surface area is 105 Å². The van der Waals surface area contributed by atoms with Crippen LogP contribution in [-0.4, -0.2) is 39.3 Å². The number of halogens is 1. The zero-order valence-corrected chi connectivity index (χ0v) is 10.7. The molecule has 1 unspecified atom stereocenters. The summed E-state index contributed by atoms with van der Waals surface area (Å²) >= 11 is 5.73. The van der Waals surface area contributed by atoms with Crippen molar-refractivity contribution in [1.29, 1.82) is 0 Å². The van der Waals surface area contributed by atoms with Gasteiger partial charge in [-0.15, -0.1) is 0 Å². The third kappa shape index (κ3) is 5.65. The summed E-state index contributed by atoms with van der Waals surface area (Å²) in [7, 11) is 0. The summed E-state index contributed by atoms with van der Waals surface area (Å²) < 4.78 is 5.15. The van der Waals surface area contributed by atoms with E-state index in [2.05, 4.69) is 20.3 Å². The number of aliphatic hydroxyl groups is 1. The van der Waals surface area contributed by atoms with Crippen molar-refractivity contribution in [3.8, 4) is 6.01 Å². The van der Waals surface area contributed by atoms with Crippen LogP contribution in [0.5, 0.6) is 6.01 Å². The van der Waals surface area contributed by atoms with Crippen LogP contribution >= 0.6 is 11.6 Å². The SMILES string of the molecule is CCOc1nc(Cl)nc(NCCCC(C)O)n1. The third-order valence-corrected chi connectivity index (χ3v) is 2.11. The largest absolute Gasteiger partial charge is 0.464 e. The van der Waals surface area contributed by atoms with Crippen LogP contribution in [0.4, 0.5) is 5.95 Å². The standard InChI is InChI=1S/C10H17ClN4O2/c1-3-17-10-14-8(11)13-9(15-10)12-6-4-5-7(2)16/h7,16H,3-6H2,1-2H3,(H,12,13,14,15). The molecule has 17 heavy (non-hydrogen) atoms. The molecule has 1 aromatic rings. The van der Waals surface area contributed by atoms with Gasteiger partial charge in [-0.25, -0.2) is 0 Å². The van der Waals surface area contributed by atoms with E-state index >= 15 is 0 Å². The molecule has 2 N–H and O–H groups in total. The van der Waals surface area contributed by atoms with Gasteiger partial charge in [0, 0.05) is 6.54 Å². The molecule has 0 aliphatic carbocycles. The number of anilines is 1. The number of nitrogens with one attached hydrogen (secondary N) is 1. The number of ether oxygens (including phenoxy) is 1. The molecule has 96 valence electrons. The summed E-state index contributed by atoms with van der Waals surface area (Å²) in [4.78, 5) is 11.8. The Bertz CT molecular complexity index is 349. The van der Waals surface area contributed by atoms with Crippen LogP contribution in [0.15, 0.2) is 0 Å². The van der Waals surface area contributed by atoms with Gasteiger partial charge >= 0.3 is 6.01 Å². The predicted octanol–water partition coefficient (Wildman–Crippen LogP) is 1.50. The topological polar surface area (TPSA) is 80.2 Å². The van der Waals surface area contributed by atoms with Gasteiger partial charge in [-0.3, -0.25) is 0 Å². The highest BCUT2D eigenvalue weighted by Crippen LogP contribution is 2.11. The van der Waals surface area contributed by atoms with Gasteiger partial charge in [0.15, 0.2) is 0 Å². The number of aliphatic hydroxyl groups excluding tert-OH is 1. The lowest BCUT2D eigenvalue weighted by Gasteiger charge is -2.07. The maximum Gasteiger partial charge on any atom is 0.322 e. The average Bonchev–Trinajstić information content (AvgIpc) is 2.24. The molecule has 1 heterocycles. The second-order valence-corrected chi connectivity index (χ2v) is 3.90. The van der Waals surface area contributed by atoms with Gasteiger partial charge in [0.05, 0.1) is 12.7 Å². The molecule has 0 bridgehead atoms. The molecular formula is C10H17ClN4O2. The molecule has 0 radical (unpaired) electrons. The van der Waals surface area contributed by atoms with Crippen LogP contribution in [0.3, 0.4) is 0 Å². The van der Waals surface area contributed by atoms with Crippen molar-refractivity contribution in [1.82, 2.24) is 15.0 Å². The molecule has 1 atom stereocenters. The van der Waals surface area contributed by atoms with Gasteiger partial charge in [0.1, 0.15) is 0 Å². The second kappa shape index (κ2) is 7.24. The molecule has 6 nitrogen and oxygen atoms in total. The zero-order valence-electron chi connectivity index (χ0n) is 9.98. The van der Waals surface area contributed by atoms with Crippen molar-refractivity contribution in [2.45, 2.75) is 32.8 Å². The molecular weight excluding hydrogens is 244 g/mol. The minimum atomic E-state index is -0.294. The summed E-state index contributed by atoms with van der Waals surface area (Å²) in [5.74, 6) is 0.388. The van der Waals surface area contributed by atoms with E-state index in [-0.39, 0.29) is 17.4 Å². The van der Waals surface area contributed by atoms with E-state index < -0.39 is 0 Å². The minimum Gasteiger partial charge on any atom is -0.464 e. The molecule has 0 aliphatic heterocycles. The van der Waals surface area contributed by atoms with Gasteiger partial charge in [0.2, 0.25) is 11.2 Å². The highest BCUT2D eigenvalue weighted by molar-refractivity contribution is 6.28. The minimum absolute atomic E-state index is 0.0986. The van der Waals surface area contributed by atoms with Crippen molar-refractivity contribution < 1.29 is 9.84 Å². The molecule has 0 aliphatic rings. The predicted molar refractivity (Wildman–Crippen MR) is 65.4 cm³/mol. The maximum atomic E-state index is 9.10. The number of hydrogen-bond acceptors (Lipinski definition) is 6. The lowest BCUT2D eigenvalue weighted by Crippen LogP contribution is -2.10. The molecule has 1 rings (SSSR count). The van der Waals surface area contributed by atoms with Crippen molar-refractivity contribution in [2.75, 3.05) is 18.5 Å². The summed E-state index contributed by atoms with van der Waals surface area (Å²) in [6.07, 6.45) is 1.26. The van der Waals surface area contributed by atoms with Crippen molar-refractivity contribution in [3.05, 3.63) is 5.28 Å². The van der Waals surface area contributed by atoms with Gasteiger partial charge < -0.3 is 15.2 Å². The van der Waals surface area contributed by atoms with Crippen LogP contribution in [0.2, 0.25) is 5.28 Å². The fourth-order valence-electron chi connectivity index (χ4n) is 1.20. The van der Waals surface area contributed by atoms with E-state index in [1.54, 1.807) is 6.92 Å². The highest BCUT2D eigenvalue weighted by atomic mass is 35.5. The van der Waals surface area contributed by atoms with E-state index in [1.165, 1.54) is 0 Å². The Balaban J connectivity index is 2.46. The molecule has 0 saturated heterocycles. The number of nitrogens with zero attached hydrogens (tertiary/aromatic N) is 3. The quantitative estimate of drug-likeness (QED) is 0.723. The van der Waals surface area contributed by atoms with Gasteiger partial charge in [-0.1, -0.05) is 0 Å². The first kappa shape index (κ1) is 13.9.